The van der Waals surface area contributed by atoms with E-state index in [-0.39, 0.29) is 18.3 Å². The molecule has 0 fully saturated rings. The minimum Gasteiger partial charge on any atom is -0.491 e. The van der Waals surface area contributed by atoms with Crippen molar-refractivity contribution in [2.75, 3.05) is 0 Å². The molecule has 100 valence electrons. The maximum absolute atomic E-state index is 11.8. The summed E-state index contributed by atoms with van der Waals surface area (Å²) in [6, 6.07) is 4.31. The van der Waals surface area contributed by atoms with Gasteiger partial charge in [0, 0.05) is 6.07 Å². The fourth-order valence-corrected chi connectivity index (χ4v) is 2.12. The lowest BCUT2D eigenvalue weighted by Crippen LogP contribution is -2.29. The molecule has 2 aromatic rings. The van der Waals surface area contributed by atoms with Crippen LogP contribution in [0.5, 0.6) is 5.88 Å². The van der Waals surface area contributed by atoms with Gasteiger partial charge in [0.2, 0.25) is 0 Å². The molecule has 2 heterocycles. The molecule has 2 amide bonds. The van der Waals surface area contributed by atoms with Crippen LogP contribution >= 0.6 is 11.3 Å². The van der Waals surface area contributed by atoms with Crippen LogP contribution < -0.4 is 16.6 Å². The van der Waals surface area contributed by atoms with E-state index in [2.05, 4.69) is 10.5 Å². The monoisotopic (exact) mass is 282 g/mol. The summed E-state index contributed by atoms with van der Waals surface area (Å²) in [4.78, 5) is 23.7. The standard InChI is InChI=1S/C10H10N4O4S/c11-13-10(17)7-2-1-6(19-7)9(16)12-4-5-3-8(15)14-18-5/h1-3H,4,11H2,(H,12,16)(H,13,17)(H,14,15). The van der Waals surface area contributed by atoms with Crippen molar-refractivity contribution in [3.05, 3.63) is 33.7 Å². The van der Waals surface area contributed by atoms with Gasteiger partial charge in [-0.1, -0.05) is 0 Å². The van der Waals surface area contributed by atoms with Gasteiger partial charge >= 0.3 is 0 Å². The molecule has 2 aromatic heterocycles. The molecule has 0 spiro atoms. The van der Waals surface area contributed by atoms with Gasteiger partial charge in [-0.3, -0.25) is 15.0 Å². The van der Waals surface area contributed by atoms with Gasteiger partial charge in [-0.25, -0.2) is 5.84 Å². The number of nitrogens with two attached hydrogens (primary N) is 1. The lowest BCUT2D eigenvalue weighted by atomic mass is 10.4. The van der Waals surface area contributed by atoms with E-state index in [1.165, 1.54) is 18.2 Å². The number of hydrogen-bond donors (Lipinski definition) is 4. The summed E-state index contributed by atoms with van der Waals surface area (Å²) in [5, 5.41) is 14.8. The topological polar surface area (TPSA) is 130 Å². The van der Waals surface area contributed by atoms with E-state index in [4.69, 9.17) is 15.5 Å². The quantitative estimate of drug-likeness (QED) is 0.354. The number of carbonyl (C=O) groups excluding carboxylic acids is 2. The normalized spacial score (nSPS) is 10.2. The van der Waals surface area contributed by atoms with E-state index < -0.39 is 5.91 Å². The van der Waals surface area contributed by atoms with Crippen LogP contribution in [0.4, 0.5) is 0 Å². The predicted octanol–water partition coefficient (Wildman–Crippen LogP) is -0.0248. The van der Waals surface area contributed by atoms with E-state index in [1.54, 1.807) is 0 Å². The van der Waals surface area contributed by atoms with Crippen molar-refractivity contribution < 1.29 is 19.2 Å². The Morgan fingerprint density at radius 2 is 2.05 bits per heavy atom. The first-order valence-corrected chi connectivity index (χ1v) is 5.95. The number of aromatic nitrogens is 1. The fraction of sp³-hybridized carbons (Fsp3) is 0.100. The minimum absolute atomic E-state index is 0.0860. The lowest BCUT2D eigenvalue weighted by molar-refractivity contribution is 0.0947. The zero-order valence-electron chi connectivity index (χ0n) is 9.54. The van der Waals surface area contributed by atoms with Crippen molar-refractivity contribution in [3.8, 4) is 5.88 Å². The van der Waals surface area contributed by atoms with Crippen molar-refractivity contribution in [1.82, 2.24) is 15.9 Å². The average Bonchev–Trinajstić information content (AvgIpc) is 3.04. The molecule has 0 radical (unpaired) electrons. The Morgan fingerprint density at radius 1 is 1.37 bits per heavy atom. The fourth-order valence-electron chi connectivity index (χ4n) is 1.29. The maximum Gasteiger partial charge on any atom is 0.275 e. The van der Waals surface area contributed by atoms with Gasteiger partial charge in [-0.05, 0) is 17.3 Å². The number of thiophene rings is 1. The molecular formula is C10H10N4O4S. The maximum atomic E-state index is 11.8. The van der Waals surface area contributed by atoms with E-state index in [0.29, 0.717) is 15.5 Å². The van der Waals surface area contributed by atoms with E-state index in [1.807, 2.05) is 5.43 Å². The van der Waals surface area contributed by atoms with E-state index in [9.17, 15) is 9.59 Å². The molecule has 0 aliphatic rings. The summed E-state index contributed by atoms with van der Waals surface area (Å²) >= 11 is 1.01. The highest BCUT2D eigenvalue weighted by atomic mass is 32.1. The van der Waals surface area contributed by atoms with Crippen molar-refractivity contribution in [3.63, 3.8) is 0 Å². The molecular weight excluding hydrogens is 272 g/mol. The summed E-state index contributed by atoms with van der Waals surface area (Å²) in [5.74, 6) is 4.25. The number of hydrazine groups is 1. The van der Waals surface area contributed by atoms with Crippen LogP contribution in [0.15, 0.2) is 22.7 Å². The Labute approximate surface area is 111 Å². The molecule has 0 saturated carbocycles. The van der Waals surface area contributed by atoms with Gasteiger partial charge in [0.1, 0.15) is 0 Å². The molecule has 19 heavy (non-hydrogen) atoms. The molecule has 0 unspecified atom stereocenters. The van der Waals surface area contributed by atoms with Gasteiger partial charge in [-0.2, -0.15) is 0 Å². The van der Waals surface area contributed by atoms with Crippen LogP contribution in [0.25, 0.3) is 0 Å². The van der Waals surface area contributed by atoms with Gasteiger partial charge in [0.05, 0.1) is 16.3 Å². The molecule has 5 N–H and O–H groups in total. The number of nitrogens with zero attached hydrogens (tertiary/aromatic N) is 1. The third kappa shape index (κ3) is 3.09. The SMILES string of the molecule is NNC(=O)c1ccc(C(=O)NCc2cc(O)no2)s1. The van der Waals surface area contributed by atoms with Crippen LogP contribution in [0.1, 0.15) is 25.1 Å². The van der Waals surface area contributed by atoms with Crippen LogP contribution in [0.2, 0.25) is 0 Å². The van der Waals surface area contributed by atoms with Gasteiger partial charge in [0.15, 0.2) is 5.76 Å². The Balaban J connectivity index is 1.96. The number of amides is 2. The Hall–Kier alpha value is -2.39. The first-order chi connectivity index (χ1) is 9.10. The molecule has 0 aliphatic heterocycles. The average molecular weight is 282 g/mol. The molecule has 2 rings (SSSR count). The van der Waals surface area contributed by atoms with Crippen molar-refractivity contribution in [2.45, 2.75) is 6.54 Å². The number of nitrogen functional groups attached to an aromatic ring is 1. The van der Waals surface area contributed by atoms with Crippen LogP contribution in [-0.2, 0) is 6.54 Å². The highest BCUT2D eigenvalue weighted by Gasteiger charge is 2.13. The highest BCUT2D eigenvalue weighted by molar-refractivity contribution is 7.15. The number of carbonyl (C=O) groups is 2. The second-order valence-electron chi connectivity index (χ2n) is 3.47. The number of nitrogens with one attached hydrogen (secondary N) is 2. The highest BCUT2D eigenvalue weighted by Crippen LogP contribution is 2.16. The summed E-state index contributed by atoms with van der Waals surface area (Å²) in [6.07, 6.45) is 0. The molecule has 0 aromatic carbocycles. The van der Waals surface area contributed by atoms with Gasteiger partial charge in [-0.15, -0.1) is 11.3 Å². The Bertz CT molecular complexity index is 606. The van der Waals surface area contributed by atoms with E-state index >= 15 is 0 Å². The Kier molecular flexibility index (Phi) is 3.78. The summed E-state index contributed by atoms with van der Waals surface area (Å²) in [7, 11) is 0. The lowest BCUT2D eigenvalue weighted by Gasteiger charge is -1.99. The third-order valence-corrected chi connectivity index (χ3v) is 3.24. The van der Waals surface area contributed by atoms with Crippen LogP contribution in [0, 0.1) is 0 Å². The van der Waals surface area contributed by atoms with Crippen molar-refractivity contribution >= 4 is 23.2 Å². The molecule has 0 aliphatic carbocycles. The zero-order chi connectivity index (χ0) is 13.8. The predicted molar refractivity (Wildman–Crippen MR) is 65.3 cm³/mol. The second kappa shape index (κ2) is 5.50. The summed E-state index contributed by atoms with van der Waals surface area (Å²) in [6.45, 7) is 0.0860. The third-order valence-electron chi connectivity index (χ3n) is 2.15. The largest absolute Gasteiger partial charge is 0.491 e. The Morgan fingerprint density at radius 3 is 2.63 bits per heavy atom. The molecule has 0 saturated heterocycles. The molecule has 9 heteroatoms. The smallest absolute Gasteiger partial charge is 0.275 e. The van der Waals surface area contributed by atoms with E-state index in [0.717, 1.165) is 11.3 Å². The molecule has 0 atom stereocenters. The minimum atomic E-state index is -0.454. The molecule has 8 nitrogen and oxygen atoms in total. The summed E-state index contributed by atoms with van der Waals surface area (Å²) < 4.78 is 4.72. The zero-order valence-corrected chi connectivity index (χ0v) is 10.4. The van der Waals surface area contributed by atoms with Crippen LogP contribution in [-0.4, -0.2) is 22.1 Å². The second-order valence-corrected chi connectivity index (χ2v) is 4.56. The number of rotatable bonds is 4. The van der Waals surface area contributed by atoms with Crippen molar-refractivity contribution in [1.29, 1.82) is 0 Å². The summed E-state index contributed by atoms with van der Waals surface area (Å²) in [5.41, 5.74) is 1.98. The van der Waals surface area contributed by atoms with Crippen LogP contribution in [0.3, 0.4) is 0 Å². The number of hydrogen-bond acceptors (Lipinski definition) is 7. The number of aromatic hydroxyl groups is 1. The molecule has 0 bridgehead atoms. The van der Waals surface area contributed by atoms with Gasteiger partial charge < -0.3 is 14.9 Å². The first-order valence-electron chi connectivity index (χ1n) is 5.13. The first kappa shape index (κ1) is 13.1. The van der Waals surface area contributed by atoms with Gasteiger partial charge in [0.25, 0.3) is 17.7 Å². The van der Waals surface area contributed by atoms with Crippen molar-refractivity contribution in [2.24, 2.45) is 5.84 Å².